The molecule has 24 heavy (non-hydrogen) atoms. The zero-order valence-corrected chi connectivity index (χ0v) is 14.6. The first-order valence-electron chi connectivity index (χ1n) is 8.76. The Balaban J connectivity index is 1.78. The van der Waals surface area contributed by atoms with Crippen molar-refractivity contribution >= 4 is 17.6 Å². The van der Waals surface area contributed by atoms with E-state index in [1.54, 1.807) is 0 Å². The van der Waals surface area contributed by atoms with Crippen LogP contribution in [0.25, 0.3) is 0 Å². The zero-order valence-electron chi connectivity index (χ0n) is 14.6. The van der Waals surface area contributed by atoms with Crippen molar-refractivity contribution in [3.63, 3.8) is 0 Å². The van der Waals surface area contributed by atoms with Gasteiger partial charge in [0.1, 0.15) is 0 Å². The lowest BCUT2D eigenvalue weighted by Gasteiger charge is -2.39. The van der Waals surface area contributed by atoms with E-state index in [4.69, 9.17) is 0 Å². The summed E-state index contributed by atoms with van der Waals surface area (Å²) in [5.74, 6) is -0.776. The molecule has 1 N–H and O–H groups in total. The third-order valence-electron chi connectivity index (χ3n) is 5.39. The van der Waals surface area contributed by atoms with Crippen LogP contribution in [-0.4, -0.2) is 47.1 Å². The maximum atomic E-state index is 13.1. The predicted molar refractivity (Wildman–Crippen MR) is 93.0 cm³/mol. The lowest BCUT2D eigenvalue weighted by atomic mass is 9.89. The molecule has 2 aliphatic rings. The third-order valence-corrected chi connectivity index (χ3v) is 5.39. The normalized spacial score (nSPS) is 28.5. The molecule has 1 aromatic carbocycles. The van der Waals surface area contributed by atoms with Gasteiger partial charge in [-0.25, -0.2) is 0 Å². The number of piperidine rings is 1. The van der Waals surface area contributed by atoms with E-state index < -0.39 is 5.97 Å². The van der Waals surface area contributed by atoms with Crippen molar-refractivity contribution in [1.82, 2.24) is 4.90 Å². The molecular formula is C19H26N2O3. The number of carboxylic acids is 1. The highest BCUT2D eigenvalue weighted by Crippen LogP contribution is 2.33. The number of anilines is 1. The number of amides is 1. The number of aliphatic carboxylic acids is 1. The molecule has 2 heterocycles. The van der Waals surface area contributed by atoms with Crippen molar-refractivity contribution in [2.75, 3.05) is 18.0 Å². The molecule has 1 saturated heterocycles. The van der Waals surface area contributed by atoms with E-state index in [9.17, 15) is 14.7 Å². The summed E-state index contributed by atoms with van der Waals surface area (Å²) in [7, 11) is 0. The fourth-order valence-electron chi connectivity index (χ4n) is 4.15. The molecule has 0 aliphatic carbocycles. The molecule has 130 valence electrons. The van der Waals surface area contributed by atoms with Gasteiger partial charge >= 0.3 is 5.97 Å². The van der Waals surface area contributed by atoms with E-state index >= 15 is 0 Å². The lowest BCUT2D eigenvalue weighted by molar-refractivity contribution is -0.145. The van der Waals surface area contributed by atoms with Gasteiger partial charge in [0.25, 0.3) is 0 Å². The molecule has 4 atom stereocenters. The average molecular weight is 330 g/mol. The van der Waals surface area contributed by atoms with Crippen LogP contribution in [0.2, 0.25) is 0 Å². The second kappa shape index (κ2) is 6.55. The molecular weight excluding hydrogens is 304 g/mol. The molecule has 5 heteroatoms. The molecule has 1 aromatic rings. The molecule has 0 aromatic heterocycles. The largest absolute Gasteiger partial charge is 0.481 e. The highest BCUT2D eigenvalue weighted by Gasteiger charge is 2.38. The van der Waals surface area contributed by atoms with Gasteiger partial charge in [0.2, 0.25) is 5.91 Å². The van der Waals surface area contributed by atoms with E-state index in [0.29, 0.717) is 18.9 Å². The van der Waals surface area contributed by atoms with Gasteiger partial charge in [-0.15, -0.1) is 0 Å². The van der Waals surface area contributed by atoms with Crippen LogP contribution in [0.3, 0.4) is 0 Å². The summed E-state index contributed by atoms with van der Waals surface area (Å²) in [4.78, 5) is 28.5. The number of carbonyl (C=O) groups is 2. The van der Waals surface area contributed by atoms with Crippen molar-refractivity contribution < 1.29 is 14.7 Å². The Bertz CT molecular complexity index is 645. The average Bonchev–Trinajstić information content (AvgIpc) is 2.88. The molecule has 2 aliphatic heterocycles. The highest BCUT2D eigenvalue weighted by molar-refractivity contribution is 5.99. The Morgan fingerprint density at radius 1 is 1.21 bits per heavy atom. The van der Waals surface area contributed by atoms with E-state index in [-0.39, 0.29) is 23.9 Å². The number of carboxylic acid groups (broad SMARTS) is 1. The predicted octanol–water partition coefficient (Wildman–Crippen LogP) is 2.40. The Hall–Kier alpha value is -1.88. The summed E-state index contributed by atoms with van der Waals surface area (Å²) in [5, 5.41) is 9.36. The highest BCUT2D eigenvalue weighted by atomic mass is 16.4. The Kier molecular flexibility index (Phi) is 4.63. The summed E-state index contributed by atoms with van der Waals surface area (Å²) in [5.41, 5.74) is 2.21. The fraction of sp³-hybridized carbons (Fsp3) is 0.579. The number of hydrogen-bond donors (Lipinski definition) is 1. The number of fused-ring (bicyclic) bond motifs is 1. The lowest BCUT2D eigenvalue weighted by Crippen LogP contribution is -2.54. The summed E-state index contributed by atoms with van der Waals surface area (Å²) in [6.07, 6.45) is 1.57. The summed E-state index contributed by atoms with van der Waals surface area (Å²) in [6, 6.07) is 7.89. The second-order valence-electron chi connectivity index (χ2n) is 7.40. The number of rotatable bonds is 3. The van der Waals surface area contributed by atoms with E-state index in [1.807, 2.05) is 34.9 Å². The summed E-state index contributed by atoms with van der Waals surface area (Å²) >= 11 is 0. The van der Waals surface area contributed by atoms with E-state index in [1.165, 1.54) is 5.56 Å². The molecule has 4 unspecified atom stereocenters. The van der Waals surface area contributed by atoms with Crippen LogP contribution in [0, 0.1) is 11.8 Å². The second-order valence-corrected chi connectivity index (χ2v) is 7.40. The summed E-state index contributed by atoms with van der Waals surface area (Å²) < 4.78 is 0. The van der Waals surface area contributed by atoms with Gasteiger partial charge in [0, 0.05) is 24.8 Å². The van der Waals surface area contributed by atoms with Gasteiger partial charge in [-0.3, -0.25) is 14.5 Å². The van der Waals surface area contributed by atoms with Crippen LogP contribution in [0.15, 0.2) is 24.3 Å². The molecule has 0 spiro atoms. The maximum Gasteiger partial charge on any atom is 0.307 e. The van der Waals surface area contributed by atoms with Gasteiger partial charge in [-0.1, -0.05) is 25.1 Å². The molecule has 0 saturated carbocycles. The monoisotopic (exact) mass is 330 g/mol. The number of para-hydroxylation sites is 1. The van der Waals surface area contributed by atoms with Crippen molar-refractivity contribution in [2.45, 2.75) is 45.7 Å². The van der Waals surface area contributed by atoms with Crippen molar-refractivity contribution in [3.8, 4) is 0 Å². The van der Waals surface area contributed by atoms with Crippen LogP contribution < -0.4 is 4.90 Å². The molecule has 1 amide bonds. The first-order chi connectivity index (χ1) is 11.4. The van der Waals surface area contributed by atoms with Gasteiger partial charge in [0.05, 0.1) is 12.0 Å². The number of carbonyl (C=O) groups excluding carboxylic acids is 1. The minimum Gasteiger partial charge on any atom is -0.481 e. The van der Waals surface area contributed by atoms with Gasteiger partial charge in [-0.05, 0) is 44.2 Å². The Morgan fingerprint density at radius 3 is 2.62 bits per heavy atom. The van der Waals surface area contributed by atoms with Gasteiger partial charge in [0.15, 0.2) is 0 Å². The molecule has 5 nitrogen and oxygen atoms in total. The van der Waals surface area contributed by atoms with Crippen LogP contribution in [0.5, 0.6) is 0 Å². The molecule has 0 radical (unpaired) electrons. The fourth-order valence-corrected chi connectivity index (χ4v) is 4.15. The third kappa shape index (κ3) is 3.05. The number of hydrogen-bond acceptors (Lipinski definition) is 3. The minimum atomic E-state index is -0.758. The smallest absolute Gasteiger partial charge is 0.307 e. The number of likely N-dealkylation sites (tertiary alicyclic amines) is 1. The summed E-state index contributed by atoms with van der Waals surface area (Å²) in [6.45, 7) is 7.28. The van der Waals surface area contributed by atoms with Crippen LogP contribution in [0.4, 0.5) is 5.69 Å². The zero-order chi connectivity index (χ0) is 17.4. The van der Waals surface area contributed by atoms with Crippen molar-refractivity contribution in [3.05, 3.63) is 29.8 Å². The topological polar surface area (TPSA) is 60.9 Å². The molecule has 1 fully saturated rings. The van der Waals surface area contributed by atoms with Crippen molar-refractivity contribution in [2.24, 2.45) is 11.8 Å². The van der Waals surface area contributed by atoms with Gasteiger partial charge < -0.3 is 10.0 Å². The van der Waals surface area contributed by atoms with Crippen LogP contribution in [-0.2, 0) is 16.0 Å². The van der Waals surface area contributed by atoms with Crippen molar-refractivity contribution in [1.29, 1.82) is 0 Å². The van der Waals surface area contributed by atoms with Crippen LogP contribution >= 0.6 is 0 Å². The Labute approximate surface area is 143 Å². The number of nitrogens with zero attached hydrogens (tertiary/aromatic N) is 2. The molecule has 3 rings (SSSR count). The minimum absolute atomic E-state index is 0.0747. The van der Waals surface area contributed by atoms with Gasteiger partial charge in [-0.2, -0.15) is 0 Å². The van der Waals surface area contributed by atoms with E-state index in [2.05, 4.69) is 19.9 Å². The number of benzene rings is 1. The SMILES string of the molecule is CC1CC(C(=O)O)CN(C(C)C(=O)N2c3ccccc3CC2C)C1. The Morgan fingerprint density at radius 2 is 1.92 bits per heavy atom. The van der Waals surface area contributed by atoms with Crippen LogP contribution in [0.1, 0.15) is 32.8 Å². The first kappa shape index (κ1) is 17.0. The first-order valence-corrected chi connectivity index (χ1v) is 8.76. The maximum absolute atomic E-state index is 13.1. The van der Waals surface area contributed by atoms with E-state index in [0.717, 1.165) is 18.7 Å². The quantitative estimate of drug-likeness (QED) is 0.924. The standard InChI is InChI=1S/C19H26N2O3/c1-12-8-16(19(23)24)11-20(10-12)14(3)18(22)21-13(2)9-15-6-4-5-7-17(15)21/h4-7,12-14,16H,8-11H2,1-3H3,(H,23,24). The molecule has 0 bridgehead atoms.